The number of nitrogens with zero attached hydrogens (tertiary/aromatic N) is 7. The van der Waals surface area contributed by atoms with E-state index in [9.17, 15) is 22.8 Å². The Morgan fingerprint density at radius 3 is 2.58 bits per heavy atom. The van der Waals surface area contributed by atoms with Crippen molar-refractivity contribution in [3.8, 4) is 0 Å². The molecule has 4 heterocycles. The highest BCUT2D eigenvalue weighted by molar-refractivity contribution is 7.91. The Hall–Kier alpha value is -3.22. The second-order valence-electron chi connectivity index (χ2n) is 8.66. The summed E-state index contributed by atoms with van der Waals surface area (Å²) in [5.41, 5.74) is 1.65. The average Bonchev–Trinajstić information content (AvgIpc) is 3.40. The number of rotatable bonds is 5. The second kappa shape index (κ2) is 7.97. The molecular formula is C20H27N7O5S. The Bertz CT molecular complexity index is 1490. The van der Waals surface area contributed by atoms with Gasteiger partial charge in [0.05, 0.1) is 29.6 Å². The fraction of sp³-hybridized carbons (Fsp3) is 0.550. The maximum atomic E-state index is 13.0. The molecule has 1 atom stereocenters. The van der Waals surface area contributed by atoms with E-state index >= 15 is 0 Å². The van der Waals surface area contributed by atoms with Crippen LogP contribution in [0.25, 0.3) is 11.2 Å². The molecule has 4 rings (SSSR count). The minimum absolute atomic E-state index is 0.0614. The van der Waals surface area contributed by atoms with Gasteiger partial charge in [0.1, 0.15) is 6.54 Å². The normalized spacial score (nSPS) is 17.7. The van der Waals surface area contributed by atoms with Gasteiger partial charge in [-0.1, -0.05) is 0 Å². The highest BCUT2D eigenvalue weighted by atomic mass is 32.2. The molecule has 0 N–H and O–H groups in total. The van der Waals surface area contributed by atoms with Gasteiger partial charge in [-0.2, -0.15) is 5.10 Å². The molecule has 178 valence electrons. The van der Waals surface area contributed by atoms with Crippen molar-refractivity contribution in [2.45, 2.75) is 39.4 Å². The van der Waals surface area contributed by atoms with Crippen LogP contribution in [0.1, 0.15) is 29.4 Å². The van der Waals surface area contributed by atoms with E-state index in [0.717, 1.165) is 15.8 Å². The molecule has 3 aromatic rings. The highest BCUT2D eigenvalue weighted by Gasteiger charge is 2.31. The van der Waals surface area contributed by atoms with Crippen LogP contribution in [0, 0.1) is 13.8 Å². The van der Waals surface area contributed by atoms with Crippen molar-refractivity contribution < 1.29 is 13.2 Å². The molecule has 3 aromatic heterocycles. The standard InChI is InChI=1S/C20H27N7O5S/c1-12-15(13(2)27(22-12)14-6-7-33(31,32)10-14)8-23(3)16(28)9-26-19(29)17-18(21-11-24(17)4)25(5)20(26)30/h11,14H,6-10H2,1-5H3/t14-/m1/s1. The average molecular weight is 478 g/mol. The first-order valence-electron chi connectivity index (χ1n) is 10.5. The van der Waals surface area contributed by atoms with Gasteiger partial charge in [0.2, 0.25) is 5.91 Å². The number of aryl methyl sites for hydroxylation is 3. The number of hydrogen-bond acceptors (Lipinski definition) is 7. The quantitative estimate of drug-likeness (QED) is 0.473. The number of hydrogen-bond donors (Lipinski definition) is 0. The van der Waals surface area contributed by atoms with E-state index in [-0.39, 0.29) is 35.3 Å². The zero-order chi connectivity index (χ0) is 24.2. The summed E-state index contributed by atoms with van der Waals surface area (Å²) in [4.78, 5) is 44.0. The summed E-state index contributed by atoms with van der Waals surface area (Å²) in [6, 6.07) is -0.212. The lowest BCUT2D eigenvalue weighted by Gasteiger charge is -2.19. The summed E-state index contributed by atoms with van der Waals surface area (Å²) < 4.78 is 29.2. The van der Waals surface area contributed by atoms with Gasteiger partial charge in [0.15, 0.2) is 21.0 Å². The molecule has 1 aliphatic heterocycles. The van der Waals surface area contributed by atoms with E-state index in [0.29, 0.717) is 12.1 Å². The Labute approximate surface area is 190 Å². The number of amides is 1. The van der Waals surface area contributed by atoms with Crippen molar-refractivity contribution in [1.82, 2.24) is 33.4 Å². The van der Waals surface area contributed by atoms with Crippen LogP contribution in [0.2, 0.25) is 0 Å². The van der Waals surface area contributed by atoms with E-state index < -0.39 is 33.5 Å². The lowest BCUT2D eigenvalue weighted by atomic mass is 10.1. The molecule has 33 heavy (non-hydrogen) atoms. The zero-order valence-corrected chi connectivity index (χ0v) is 20.1. The first kappa shape index (κ1) is 23.0. The minimum atomic E-state index is -3.06. The predicted octanol–water partition coefficient (Wildman–Crippen LogP) is -0.735. The smallest absolute Gasteiger partial charge is 0.332 e. The molecule has 0 saturated carbocycles. The molecule has 12 nitrogen and oxygen atoms in total. The molecule has 0 bridgehead atoms. The van der Waals surface area contributed by atoms with E-state index in [2.05, 4.69) is 10.1 Å². The Morgan fingerprint density at radius 1 is 1.24 bits per heavy atom. The van der Waals surface area contributed by atoms with Crippen LogP contribution < -0.4 is 11.2 Å². The number of sulfone groups is 1. The lowest BCUT2D eigenvalue weighted by Crippen LogP contribution is -2.43. The molecule has 1 aliphatic rings. The third-order valence-electron chi connectivity index (χ3n) is 6.34. The lowest BCUT2D eigenvalue weighted by molar-refractivity contribution is -0.131. The van der Waals surface area contributed by atoms with Gasteiger partial charge in [0, 0.05) is 38.9 Å². The molecule has 0 unspecified atom stereocenters. The SMILES string of the molecule is Cc1nn([C@@H]2CCS(=O)(=O)C2)c(C)c1CN(C)C(=O)Cn1c(=O)c2c(ncn2C)n(C)c1=O. The van der Waals surface area contributed by atoms with Crippen LogP contribution >= 0.6 is 0 Å². The van der Waals surface area contributed by atoms with Gasteiger partial charge in [-0.15, -0.1) is 0 Å². The van der Waals surface area contributed by atoms with Crippen LogP contribution in [0.4, 0.5) is 0 Å². The summed E-state index contributed by atoms with van der Waals surface area (Å²) >= 11 is 0. The highest BCUT2D eigenvalue weighted by Crippen LogP contribution is 2.27. The summed E-state index contributed by atoms with van der Waals surface area (Å²) in [6.07, 6.45) is 1.96. The summed E-state index contributed by atoms with van der Waals surface area (Å²) in [5.74, 6) is -0.203. The monoisotopic (exact) mass is 477 g/mol. The fourth-order valence-electron chi connectivity index (χ4n) is 4.37. The molecule has 0 radical (unpaired) electrons. The van der Waals surface area contributed by atoms with E-state index in [1.165, 1.54) is 27.4 Å². The van der Waals surface area contributed by atoms with Gasteiger partial charge in [-0.05, 0) is 20.3 Å². The van der Waals surface area contributed by atoms with Crippen molar-refractivity contribution in [3.63, 3.8) is 0 Å². The number of aromatic nitrogens is 6. The summed E-state index contributed by atoms with van der Waals surface area (Å²) in [5, 5.41) is 4.53. The van der Waals surface area contributed by atoms with Crippen molar-refractivity contribution in [2.75, 3.05) is 18.6 Å². The Morgan fingerprint density at radius 2 is 1.94 bits per heavy atom. The van der Waals surface area contributed by atoms with Gasteiger partial charge in [-0.3, -0.25) is 18.8 Å². The van der Waals surface area contributed by atoms with Crippen molar-refractivity contribution >= 4 is 26.9 Å². The second-order valence-corrected chi connectivity index (χ2v) is 10.9. The molecule has 1 fully saturated rings. The topological polar surface area (TPSA) is 134 Å². The number of fused-ring (bicyclic) bond motifs is 1. The molecule has 1 saturated heterocycles. The maximum absolute atomic E-state index is 13.0. The van der Waals surface area contributed by atoms with Crippen LogP contribution in [-0.2, 0) is 41.8 Å². The minimum Gasteiger partial charge on any atom is -0.340 e. The first-order chi connectivity index (χ1) is 15.4. The van der Waals surface area contributed by atoms with Crippen molar-refractivity contribution in [1.29, 1.82) is 0 Å². The molecular weight excluding hydrogens is 450 g/mol. The molecule has 0 aromatic carbocycles. The van der Waals surface area contributed by atoms with Crippen molar-refractivity contribution in [3.05, 3.63) is 44.1 Å². The Balaban J connectivity index is 1.58. The summed E-state index contributed by atoms with van der Waals surface area (Å²) in [6.45, 7) is 3.49. The van der Waals surface area contributed by atoms with Crippen LogP contribution in [0.3, 0.4) is 0 Å². The third kappa shape index (κ3) is 3.90. The van der Waals surface area contributed by atoms with Crippen molar-refractivity contribution in [2.24, 2.45) is 14.1 Å². The third-order valence-corrected chi connectivity index (χ3v) is 8.09. The van der Waals surface area contributed by atoms with Gasteiger partial charge >= 0.3 is 5.69 Å². The van der Waals surface area contributed by atoms with E-state index in [4.69, 9.17) is 0 Å². The number of carbonyl (C=O) groups is 1. The number of imidazole rings is 1. The Kier molecular flexibility index (Phi) is 5.55. The molecule has 0 aliphatic carbocycles. The summed E-state index contributed by atoms with van der Waals surface area (Å²) in [7, 11) is 1.69. The van der Waals surface area contributed by atoms with Crippen LogP contribution in [0.15, 0.2) is 15.9 Å². The van der Waals surface area contributed by atoms with Crippen LogP contribution in [-0.4, -0.2) is 66.2 Å². The van der Waals surface area contributed by atoms with Crippen LogP contribution in [0.5, 0.6) is 0 Å². The van der Waals surface area contributed by atoms with Gasteiger partial charge < -0.3 is 9.47 Å². The van der Waals surface area contributed by atoms with Gasteiger partial charge in [0.25, 0.3) is 5.56 Å². The predicted molar refractivity (Wildman–Crippen MR) is 121 cm³/mol. The molecule has 13 heteroatoms. The number of carbonyl (C=O) groups excluding carboxylic acids is 1. The number of likely N-dealkylation sites (N-methyl/N-ethyl adjacent to an activating group) is 1. The first-order valence-corrected chi connectivity index (χ1v) is 12.3. The van der Waals surface area contributed by atoms with E-state index in [1.54, 1.807) is 18.8 Å². The largest absolute Gasteiger partial charge is 0.340 e. The fourth-order valence-corrected chi connectivity index (χ4v) is 6.06. The van der Waals surface area contributed by atoms with E-state index in [1.807, 2.05) is 13.8 Å². The molecule has 1 amide bonds. The molecule has 0 spiro atoms. The zero-order valence-electron chi connectivity index (χ0n) is 19.3. The van der Waals surface area contributed by atoms with Gasteiger partial charge in [-0.25, -0.2) is 22.8 Å². The maximum Gasteiger partial charge on any atom is 0.332 e.